The monoisotopic (exact) mass is 266 g/mol. The van der Waals surface area contributed by atoms with E-state index in [1.807, 2.05) is 0 Å². The Bertz CT molecular complexity index is 548. The molecule has 0 atom stereocenters. The summed E-state index contributed by atoms with van der Waals surface area (Å²) in [6, 6.07) is 6.94. The van der Waals surface area contributed by atoms with Crippen molar-refractivity contribution in [1.29, 1.82) is 0 Å². The minimum atomic E-state index is -3.42. The standard InChI is InChI=1S/C13H18N2O2S/c14-12-3-1-2-4-13(12)18(16,17)15(11-7-8-11)9-10-5-6-10/h1-4,10-11H,5-9,14H2. The summed E-state index contributed by atoms with van der Waals surface area (Å²) >= 11 is 0. The van der Waals surface area contributed by atoms with Crippen molar-refractivity contribution in [1.82, 2.24) is 4.31 Å². The first-order valence-corrected chi connectivity index (χ1v) is 7.89. The first-order chi connectivity index (χ1) is 8.59. The van der Waals surface area contributed by atoms with Crippen LogP contribution in [0.2, 0.25) is 0 Å². The molecule has 18 heavy (non-hydrogen) atoms. The van der Waals surface area contributed by atoms with Crippen molar-refractivity contribution < 1.29 is 8.42 Å². The predicted molar refractivity (Wildman–Crippen MR) is 70.5 cm³/mol. The molecule has 2 fully saturated rings. The Morgan fingerprint density at radius 2 is 1.83 bits per heavy atom. The fraction of sp³-hybridized carbons (Fsp3) is 0.538. The molecule has 4 nitrogen and oxygen atoms in total. The van der Waals surface area contributed by atoms with Crippen molar-refractivity contribution >= 4 is 15.7 Å². The van der Waals surface area contributed by atoms with Gasteiger partial charge in [0.05, 0.1) is 5.69 Å². The van der Waals surface area contributed by atoms with Crippen LogP contribution < -0.4 is 5.73 Å². The maximum Gasteiger partial charge on any atom is 0.245 e. The first kappa shape index (κ1) is 12.0. The number of rotatable bonds is 5. The third kappa shape index (κ3) is 2.24. The SMILES string of the molecule is Nc1ccccc1S(=O)(=O)N(CC1CC1)C1CC1. The molecular weight excluding hydrogens is 248 g/mol. The maximum atomic E-state index is 12.6. The maximum absolute atomic E-state index is 12.6. The van der Waals surface area contributed by atoms with Crippen molar-refractivity contribution in [2.75, 3.05) is 12.3 Å². The number of nitrogens with two attached hydrogens (primary N) is 1. The van der Waals surface area contributed by atoms with Gasteiger partial charge in [-0.1, -0.05) is 12.1 Å². The quantitative estimate of drug-likeness (QED) is 0.827. The molecule has 1 aromatic carbocycles. The molecule has 0 bridgehead atoms. The van der Waals surface area contributed by atoms with Gasteiger partial charge in [-0.15, -0.1) is 0 Å². The average molecular weight is 266 g/mol. The first-order valence-electron chi connectivity index (χ1n) is 6.45. The van der Waals surface area contributed by atoms with Crippen molar-refractivity contribution in [3.63, 3.8) is 0 Å². The molecule has 0 aromatic heterocycles. The molecule has 0 aliphatic heterocycles. The summed E-state index contributed by atoms with van der Waals surface area (Å²) in [5.74, 6) is 0.560. The highest BCUT2D eigenvalue weighted by Gasteiger charge is 2.41. The normalized spacial score (nSPS) is 20.3. The van der Waals surface area contributed by atoms with Crippen LogP contribution in [-0.4, -0.2) is 25.3 Å². The summed E-state index contributed by atoms with van der Waals surface area (Å²) in [6.07, 6.45) is 4.28. The summed E-state index contributed by atoms with van der Waals surface area (Å²) < 4.78 is 27.0. The number of nitrogens with zero attached hydrogens (tertiary/aromatic N) is 1. The van der Waals surface area contributed by atoms with Crippen molar-refractivity contribution in [3.05, 3.63) is 24.3 Å². The molecule has 0 spiro atoms. The zero-order valence-corrected chi connectivity index (χ0v) is 11.1. The van der Waals surface area contributed by atoms with Crippen molar-refractivity contribution in [3.8, 4) is 0 Å². The molecule has 0 heterocycles. The molecule has 2 aliphatic carbocycles. The van der Waals surface area contributed by atoms with E-state index < -0.39 is 10.0 Å². The minimum Gasteiger partial charge on any atom is -0.398 e. The van der Waals surface area contributed by atoms with Crippen LogP contribution in [0.15, 0.2) is 29.2 Å². The Hall–Kier alpha value is -1.07. The lowest BCUT2D eigenvalue weighted by Crippen LogP contribution is -2.35. The molecule has 98 valence electrons. The zero-order chi connectivity index (χ0) is 12.8. The lowest BCUT2D eigenvalue weighted by molar-refractivity contribution is 0.389. The molecule has 0 unspecified atom stereocenters. The Labute approximate surface area is 108 Å². The van der Waals surface area contributed by atoms with Gasteiger partial charge in [0.2, 0.25) is 10.0 Å². The van der Waals surface area contributed by atoms with E-state index in [0.29, 0.717) is 18.2 Å². The molecule has 0 amide bonds. The summed E-state index contributed by atoms with van der Waals surface area (Å²) in [7, 11) is -3.42. The van der Waals surface area contributed by atoms with Gasteiger partial charge in [-0.2, -0.15) is 4.31 Å². The lowest BCUT2D eigenvalue weighted by Gasteiger charge is -2.22. The van der Waals surface area contributed by atoms with Gasteiger partial charge in [0, 0.05) is 12.6 Å². The third-order valence-electron chi connectivity index (χ3n) is 3.59. The molecule has 2 N–H and O–H groups in total. The van der Waals surface area contributed by atoms with Crippen molar-refractivity contribution in [2.45, 2.75) is 36.6 Å². The fourth-order valence-electron chi connectivity index (χ4n) is 2.20. The molecule has 2 saturated carbocycles. The van der Waals surface area contributed by atoms with Gasteiger partial charge >= 0.3 is 0 Å². The van der Waals surface area contributed by atoms with E-state index in [-0.39, 0.29) is 10.9 Å². The van der Waals surface area contributed by atoms with Crippen molar-refractivity contribution in [2.24, 2.45) is 5.92 Å². The Morgan fingerprint density at radius 3 is 2.39 bits per heavy atom. The van der Waals surface area contributed by atoms with Crippen LogP contribution in [0.3, 0.4) is 0 Å². The average Bonchev–Trinajstić information content (AvgIpc) is 3.19. The number of para-hydroxylation sites is 1. The van der Waals surface area contributed by atoms with E-state index >= 15 is 0 Å². The molecule has 0 saturated heterocycles. The van der Waals surface area contributed by atoms with Crippen LogP contribution in [0.1, 0.15) is 25.7 Å². The van der Waals surface area contributed by atoms with Crippen LogP contribution in [0, 0.1) is 5.92 Å². The highest BCUT2D eigenvalue weighted by atomic mass is 32.2. The number of hydrogen-bond donors (Lipinski definition) is 1. The smallest absolute Gasteiger partial charge is 0.245 e. The van der Waals surface area contributed by atoms with Gasteiger partial charge in [0.15, 0.2) is 0 Å². The molecule has 2 aliphatic rings. The molecule has 0 radical (unpaired) electrons. The molecule has 3 rings (SSSR count). The van der Waals surface area contributed by atoms with Gasteiger partial charge in [-0.25, -0.2) is 8.42 Å². The topological polar surface area (TPSA) is 63.4 Å². The van der Waals surface area contributed by atoms with Crippen LogP contribution >= 0.6 is 0 Å². The van der Waals surface area contributed by atoms with E-state index in [0.717, 1.165) is 25.7 Å². The van der Waals surface area contributed by atoms with Gasteiger partial charge in [-0.05, 0) is 43.7 Å². The minimum absolute atomic E-state index is 0.204. The number of anilines is 1. The number of sulfonamides is 1. The largest absolute Gasteiger partial charge is 0.398 e. The fourth-order valence-corrected chi connectivity index (χ4v) is 4.08. The van der Waals surface area contributed by atoms with E-state index in [4.69, 9.17) is 5.73 Å². The summed E-state index contributed by atoms with van der Waals surface area (Å²) in [5.41, 5.74) is 6.15. The Morgan fingerprint density at radius 1 is 1.17 bits per heavy atom. The van der Waals surface area contributed by atoms with Gasteiger partial charge in [0.25, 0.3) is 0 Å². The number of nitrogen functional groups attached to an aromatic ring is 1. The van der Waals surface area contributed by atoms with E-state index in [1.54, 1.807) is 28.6 Å². The lowest BCUT2D eigenvalue weighted by atomic mass is 10.3. The van der Waals surface area contributed by atoms with E-state index in [9.17, 15) is 8.42 Å². The molecule has 1 aromatic rings. The van der Waals surface area contributed by atoms with Gasteiger partial charge < -0.3 is 5.73 Å². The Balaban J connectivity index is 1.93. The van der Waals surface area contributed by atoms with Gasteiger partial charge in [0.1, 0.15) is 4.90 Å². The third-order valence-corrected chi connectivity index (χ3v) is 5.59. The van der Waals surface area contributed by atoms with Crippen LogP contribution in [-0.2, 0) is 10.0 Å². The second-order valence-corrected chi connectivity index (χ2v) is 7.15. The zero-order valence-electron chi connectivity index (χ0n) is 10.2. The van der Waals surface area contributed by atoms with E-state index in [2.05, 4.69) is 0 Å². The number of hydrogen-bond acceptors (Lipinski definition) is 3. The second-order valence-electron chi connectivity index (χ2n) is 5.29. The van der Waals surface area contributed by atoms with Crippen LogP contribution in [0.25, 0.3) is 0 Å². The molecular formula is C13H18N2O2S. The second kappa shape index (κ2) is 4.24. The highest BCUT2D eigenvalue weighted by molar-refractivity contribution is 7.89. The molecule has 5 heteroatoms. The summed E-state index contributed by atoms with van der Waals surface area (Å²) in [6.45, 7) is 0.668. The van der Waals surface area contributed by atoms with Gasteiger partial charge in [-0.3, -0.25) is 0 Å². The Kier molecular flexibility index (Phi) is 2.83. The van der Waals surface area contributed by atoms with E-state index in [1.165, 1.54) is 0 Å². The summed E-state index contributed by atoms with van der Waals surface area (Å²) in [5, 5.41) is 0. The number of benzene rings is 1. The van der Waals surface area contributed by atoms with Crippen LogP contribution in [0.4, 0.5) is 5.69 Å². The highest BCUT2D eigenvalue weighted by Crippen LogP contribution is 2.38. The van der Waals surface area contributed by atoms with Crippen LogP contribution in [0.5, 0.6) is 0 Å². The predicted octanol–water partition coefficient (Wildman–Crippen LogP) is 1.83. The summed E-state index contributed by atoms with van der Waals surface area (Å²) in [4.78, 5) is 0.262.